The molecule has 0 aliphatic rings. The molecule has 1 unspecified atom stereocenters. The van der Waals surface area contributed by atoms with Crippen LogP contribution in [0.2, 0.25) is 5.02 Å². The van der Waals surface area contributed by atoms with Gasteiger partial charge in [-0.05, 0) is 50.1 Å². The Morgan fingerprint density at radius 1 is 1.18 bits per heavy atom. The van der Waals surface area contributed by atoms with Gasteiger partial charge in [-0.2, -0.15) is 0 Å². The average molecular weight is 419 g/mol. The van der Waals surface area contributed by atoms with E-state index in [2.05, 4.69) is 31.9 Å². The SMILES string of the molecule is Fc1cc(Cl)ccc1C(Cl)c1cc(Br)sc1Br. The predicted octanol–water partition coefficient (Wildman–Crippen LogP) is 6.39. The van der Waals surface area contributed by atoms with E-state index in [4.69, 9.17) is 23.2 Å². The van der Waals surface area contributed by atoms with E-state index in [-0.39, 0.29) is 0 Å². The zero-order chi connectivity index (χ0) is 12.6. The third-order valence-electron chi connectivity index (χ3n) is 2.19. The van der Waals surface area contributed by atoms with E-state index in [0.29, 0.717) is 10.6 Å². The maximum Gasteiger partial charge on any atom is 0.129 e. The lowest BCUT2D eigenvalue weighted by molar-refractivity contribution is 0.612. The Morgan fingerprint density at radius 3 is 2.41 bits per heavy atom. The number of rotatable bonds is 2. The summed E-state index contributed by atoms with van der Waals surface area (Å²) in [6.45, 7) is 0. The van der Waals surface area contributed by atoms with Crippen molar-refractivity contribution in [1.29, 1.82) is 0 Å². The molecule has 1 atom stereocenters. The number of alkyl halides is 1. The van der Waals surface area contributed by atoms with Crippen LogP contribution >= 0.6 is 66.4 Å². The minimum Gasteiger partial charge on any atom is -0.207 e. The van der Waals surface area contributed by atoms with Crippen molar-refractivity contribution in [3.63, 3.8) is 0 Å². The van der Waals surface area contributed by atoms with Crippen LogP contribution in [0.15, 0.2) is 31.8 Å². The van der Waals surface area contributed by atoms with Crippen molar-refractivity contribution in [2.45, 2.75) is 5.38 Å². The Labute approximate surface area is 129 Å². The van der Waals surface area contributed by atoms with Gasteiger partial charge < -0.3 is 0 Å². The van der Waals surface area contributed by atoms with E-state index in [0.717, 1.165) is 13.1 Å². The van der Waals surface area contributed by atoms with Crippen molar-refractivity contribution in [3.05, 3.63) is 53.8 Å². The van der Waals surface area contributed by atoms with Crippen LogP contribution in [0.3, 0.4) is 0 Å². The standard InChI is InChI=1S/C11H5Br2Cl2FS/c12-9-4-7(11(13)17-9)10(15)6-2-1-5(14)3-8(6)16/h1-4,10H. The second-order valence-electron chi connectivity index (χ2n) is 3.31. The van der Waals surface area contributed by atoms with Crippen molar-refractivity contribution in [2.75, 3.05) is 0 Å². The molecule has 0 spiro atoms. The molecule has 17 heavy (non-hydrogen) atoms. The molecule has 0 amide bonds. The summed E-state index contributed by atoms with van der Waals surface area (Å²) >= 11 is 20.3. The van der Waals surface area contributed by atoms with Crippen LogP contribution in [0.25, 0.3) is 0 Å². The summed E-state index contributed by atoms with van der Waals surface area (Å²) in [4.78, 5) is 0. The third-order valence-corrected chi connectivity index (χ3v) is 5.28. The number of halogens is 5. The first-order chi connectivity index (χ1) is 7.99. The molecule has 0 saturated heterocycles. The highest BCUT2D eigenvalue weighted by Crippen LogP contribution is 2.41. The molecular formula is C11H5Br2Cl2FS. The zero-order valence-electron chi connectivity index (χ0n) is 8.18. The van der Waals surface area contributed by atoms with Crippen LogP contribution in [0.5, 0.6) is 0 Å². The first-order valence-corrected chi connectivity index (χ1v) is 7.74. The molecule has 1 heterocycles. The van der Waals surface area contributed by atoms with Crippen molar-refractivity contribution in [3.8, 4) is 0 Å². The second-order valence-corrected chi connectivity index (χ2v) is 7.93. The number of benzene rings is 1. The van der Waals surface area contributed by atoms with Gasteiger partial charge in [0.15, 0.2) is 0 Å². The molecule has 0 N–H and O–H groups in total. The Kier molecular flexibility index (Phi) is 4.53. The van der Waals surface area contributed by atoms with Crippen LogP contribution in [0, 0.1) is 5.82 Å². The molecule has 6 heteroatoms. The van der Waals surface area contributed by atoms with Gasteiger partial charge in [0, 0.05) is 16.1 Å². The molecule has 0 fully saturated rings. The number of hydrogen-bond acceptors (Lipinski definition) is 1. The van der Waals surface area contributed by atoms with Crippen LogP contribution < -0.4 is 0 Å². The fourth-order valence-electron chi connectivity index (χ4n) is 1.40. The van der Waals surface area contributed by atoms with Crippen molar-refractivity contribution in [1.82, 2.24) is 0 Å². The zero-order valence-corrected chi connectivity index (χ0v) is 13.7. The number of hydrogen-bond donors (Lipinski definition) is 0. The summed E-state index contributed by atoms with van der Waals surface area (Å²) in [6.07, 6.45) is 0. The van der Waals surface area contributed by atoms with Crippen LogP contribution in [-0.2, 0) is 0 Å². The molecule has 0 aliphatic heterocycles. The van der Waals surface area contributed by atoms with Crippen molar-refractivity contribution < 1.29 is 4.39 Å². The molecule has 1 aromatic carbocycles. The lowest BCUT2D eigenvalue weighted by Crippen LogP contribution is -1.96. The third kappa shape index (κ3) is 3.04. The maximum absolute atomic E-state index is 13.7. The average Bonchev–Trinajstić information content (AvgIpc) is 2.57. The minimum atomic E-state index is -0.538. The lowest BCUT2D eigenvalue weighted by Gasteiger charge is -2.10. The van der Waals surface area contributed by atoms with E-state index in [1.54, 1.807) is 12.1 Å². The Balaban J connectivity index is 2.43. The van der Waals surface area contributed by atoms with Crippen LogP contribution in [0.4, 0.5) is 4.39 Å². The predicted molar refractivity (Wildman–Crippen MR) is 78.8 cm³/mol. The molecule has 2 aromatic rings. The van der Waals surface area contributed by atoms with Gasteiger partial charge in [0.1, 0.15) is 5.82 Å². The van der Waals surface area contributed by atoms with Gasteiger partial charge >= 0.3 is 0 Å². The Hall–Kier alpha value is 0.390. The highest BCUT2D eigenvalue weighted by Gasteiger charge is 2.19. The summed E-state index contributed by atoms with van der Waals surface area (Å²) in [6, 6.07) is 6.38. The molecule has 0 saturated carbocycles. The highest BCUT2D eigenvalue weighted by molar-refractivity contribution is 9.12. The first kappa shape index (κ1) is 13.8. The smallest absolute Gasteiger partial charge is 0.129 e. The molecule has 90 valence electrons. The summed E-state index contributed by atoms with van der Waals surface area (Å²) in [5, 5.41) is -0.176. The molecule has 1 aromatic heterocycles. The largest absolute Gasteiger partial charge is 0.207 e. The van der Waals surface area contributed by atoms with Crippen molar-refractivity contribution >= 4 is 66.4 Å². The van der Waals surface area contributed by atoms with Gasteiger partial charge in [0.2, 0.25) is 0 Å². The van der Waals surface area contributed by atoms with Crippen molar-refractivity contribution in [2.24, 2.45) is 0 Å². The molecule has 0 radical (unpaired) electrons. The van der Waals surface area contributed by atoms with E-state index in [9.17, 15) is 4.39 Å². The fraction of sp³-hybridized carbons (Fsp3) is 0.0909. The highest BCUT2D eigenvalue weighted by atomic mass is 79.9. The molecule has 0 bridgehead atoms. The first-order valence-electron chi connectivity index (χ1n) is 4.53. The summed E-state index contributed by atoms with van der Waals surface area (Å²) in [5.74, 6) is -0.397. The maximum atomic E-state index is 13.7. The monoisotopic (exact) mass is 416 g/mol. The quantitative estimate of drug-likeness (QED) is 0.495. The molecule has 0 nitrogen and oxygen atoms in total. The molecule has 2 rings (SSSR count). The van der Waals surface area contributed by atoms with Gasteiger partial charge in [-0.25, -0.2) is 4.39 Å². The summed E-state index contributed by atoms with van der Waals surface area (Å²) in [7, 11) is 0. The fourth-order valence-corrected chi connectivity index (χ4v) is 5.01. The van der Waals surface area contributed by atoms with Gasteiger partial charge in [-0.1, -0.05) is 17.7 Å². The minimum absolute atomic E-state index is 0.362. The van der Waals surface area contributed by atoms with Gasteiger partial charge in [0.05, 0.1) is 12.9 Å². The van der Waals surface area contributed by atoms with Gasteiger partial charge in [-0.15, -0.1) is 22.9 Å². The Morgan fingerprint density at radius 2 is 1.88 bits per heavy atom. The van der Waals surface area contributed by atoms with Crippen LogP contribution in [0.1, 0.15) is 16.5 Å². The van der Waals surface area contributed by atoms with E-state index in [1.165, 1.54) is 17.4 Å². The summed E-state index contributed by atoms with van der Waals surface area (Å²) < 4.78 is 15.6. The summed E-state index contributed by atoms with van der Waals surface area (Å²) in [5.41, 5.74) is 1.26. The van der Waals surface area contributed by atoms with Gasteiger partial charge in [0.25, 0.3) is 0 Å². The molecule has 0 aliphatic carbocycles. The Bertz CT molecular complexity index is 556. The number of thiophene rings is 1. The normalized spacial score (nSPS) is 12.8. The van der Waals surface area contributed by atoms with E-state index >= 15 is 0 Å². The van der Waals surface area contributed by atoms with Crippen LogP contribution in [-0.4, -0.2) is 0 Å². The topological polar surface area (TPSA) is 0 Å². The second kappa shape index (κ2) is 5.57. The van der Waals surface area contributed by atoms with E-state index in [1.807, 2.05) is 6.07 Å². The van der Waals surface area contributed by atoms with E-state index < -0.39 is 11.2 Å². The lowest BCUT2D eigenvalue weighted by atomic mass is 10.1. The molecular weight excluding hydrogens is 414 g/mol. The van der Waals surface area contributed by atoms with Gasteiger partial charge in [-0.3, -0.25) is 0 Å².